The summed E-state index contributed by atoms with van der Waals surface area (Å²) in [7, 11) is 0. The molecule has 0 bridgehead atoms. The van der Waals surface area contributed by atoms with Crippen LogP contribution in [0.25, 0.3) is 11.0 Å². The molecule has 18 heavy (non-hydrogen) atoms. The van der Waals surface area contributed by atoms with Crippen molar-refractivity contribution in [2.45, 2.75) is 38.1 Å². The third kappa shape index (κ3) is 1.44. The molecule has 3 heterocycles. The van der Waals surface area contributed by atoms with Crippen molar-refractivity contribution in [2.75, 3.05) is 11.9 Å². The third-order valence-corrected chi connectivity index (χ3v) is 4.46. The lowest BCUT2D eigenvalue weighted by atomic mass is 9.94. The lowest BCUT2D eigenvalue weighted by Crippen LogP contribution is -2.28. The molecule has 1 saturated carbocycles. The summed E-state index contributed by atoms with van der Waals surface area (Å²) in [6.07, 6.45) is 8.55. The van der Waals surface area contributed by atoms with Crippen LogP contribution < -0.4 is 5.32 Å². The lowest BCUT2D eigenvalue weighted by Gasteiger charge is -2.30. The number of nitrogens with one attached hydrogen (secondary N) is 1. The highest BCUT2D eigenvalue weighted by Crippen LogP contribution is 2.40. The van der Waals surface area contributed by atoms with E-state index in [-0.39, 0.29) is 0 Å². The maximum absolute atomic E-state index is 4.72. The quantitative estimate of drug-likeness (QED) is 0.836. The van der Waals surface area contributed by atoms with Crippen LogP contribution in [-0.2, 0) is 0 Å². The highest BCUT2D eigenvalue weighted by atomic mass is 15.4. The van der Waals surface area contributed by atoms with Gasteiger partial charge in [-0.15, -0.1) is 0 Å². The van der Waals surface area contributed by atoms with Gasteiger partial charge in [0.1, 0.15) is 5.82 Å². The molecule has 0 aromatic carbocycles. The predicted octanol–water partition coefficient (Wildman–Crippen LogP) is 2.98. The van der Waals surface area contributed by atoms with E-state index in [0.29, 0.717) is 6.04 Å². The SMILES string of the molecule is c1cnc2nn3c(c2c1)NCCC3C1CCCC1. The summed E-state index contributed by atoms with van der Waals surface area (Å²) >= 11 is 0. The fraction of sp³-hybridized carbons (Fsp3) is 0.571. The van der Waals surface area contributed by atoms with Crippen LogP contribution in [-0.4, -0.2) is 21.3 Å². The summed E-state index contributed by atoms with van der Waals surface area (Å²) in [6.45, 7) is 1.07. The number of pyridine rings is 1. The largest absolute Gasteiger partial charge is 0.370 e. The molecule has 4 heteroatoms. The summed E-state index contributed by atoms with van der Waals surface area (Å²) in [4.78, 5) is 4.38. The van der Waals surface area contributed by atoms with Gasteiger partial charge >= 0.3 is 0 Å². The van der Waals surface area contributed by atoms with Crippen molar-refractivity contribution in [1.29, 1.82) is 0 Å². The Bertz CT molecular complexity index is 568. The Kier molecular flexibility index (Phi) is 2.28. The molecule has 0 saturated heterocycles. The van der Waals surface area contributed by atoms with Gasteiger partial charge in [0.25, 0.3) is 0 Å². The summed E-state index contributed by atoms with van der Waals surface area (Å²) in [6, 6.07) is 4.69. The summed E-state index contributed by atoms with van der Waals surface area (Å²) < 4.78 is 2.22. The number of anilines is 1. The van der Waals surface area contributed by atoms with E-state index >= 15 is 0 Å². The van der Waals surface area contributed by atoms with E-state index in [0.717, 1.165) is 18.1 Å². The van der Waals surface area contributed by atoms with Crippen molar-refractivity contribution < 1.29 is 0 Å². The summed E-state index contributed by atoms with van der Waals surface area (Å²) in [5.41, 5.74) is 0.880. The minimum Gasteiger partial charge on any atom is -0.370 e. The van der Waals surface area contributed by atoms with Gasteiger partial charge < -0.3 is 5.32 Å². The van der Waals surface area contributed by atoms with Crippen molar-refractivity contribution in [3.05, 3.63) is 18.3 Å². The van der Waals surface area contributed by atoms with E-state index in [4.69, 9.17) is 5.10 Å². The second-order valence-electron chi connectivity index (χ2n) is 5.50. The first-order valence-electron chi connectivity index (χ1n) is 7.00. The molecule has 1 N–H and O–H groups in total. The Morgan fingerprint density at radius 3 is 3.00 bits per heavy atom. The van der Waals surface area contributed by atoms with E-state index in [9.17, 15) is 0 Å². The van der Waals surface area contributed by atoms with Gasteiger partial charge in [-0.1, -0.05) is 12.8 Å². The number of fused-ring (bicyclic) bond motifs is 3. The fourth-order valence-corrected chi connectivity index (χ4v) is 3.59. The first-order valence-corrected chi connectivity index (χ1v) is 7.00. The number of aromatic nitrogens is 3. The normalized spacial score (nSPS) is 24.1. The number of nitrogens with zero attached hydrogens (tertiary/aromatic N) is 3. The van der Waals surface area contributed by atoms with Crippen LogP contribution in [0.1, 0.15) is 38.1 Å². The van der Waals surface area contributed by atoms with Crippen LogP contribution in [0.3, 0.4) is 0 Å². The predicted molar refractivity (Wildman–Crippen MR) is 71.6 cm³/mol. The van der Waals surface area contributed by atoms with Crippen molar-refractivity contribution in [2.24, 2.45) is 5.92 Å². The molecule has 2 aromatic heterocycles. The van der Waals surface area contributed by atoms with Crippen LogP contribution in [0.15, 0.2) is 18.3 Å². The minimum absolute atomic E-state index is 0.581. The molecule has 1 fully saturated rings. The van der Waals surface area contributed by atoms with Crippen LogP contribution in [0, 0.1) is 5.92 Å². The lowest BCUT2D eigenvalue weighted by molar-refractivity contribution is 0.291. The monoisotopic (exact) mass is 242 g/mol. The Morgan fingerprint density at radius 2 is 2.11 bits per heavy atom. The van der Waals surface area contributed by atoms with Gasteiger partial charge in [0.15, 0.2) is 5.65 Å². The highest BCUT2D eigenvalue weighted by molar-refractivity contribution is 5.87. The van der Waals surface area contributed by atoms with Gasteiger partial charge in [-0.3, -0.25) is 0 Å². The van der Waals surface area contributed by atoms with E-state index < -0.39 is 0 Å². The highest BCUT2D eigenvalue weighted by Gasteiger charge is 2.31. The number of hydrogen-bond donors (Lipinski definition) is 1. The summed E-state index contributed by atoms with van der Waals surface area (Å²) in [5, 5.41) is 9.39. The Labute approximate surface area is 106 Å². The zero-order valence-corrected chi connectivity index (χ0v) is 10.5. The van der Waals surface area contributed by atoms with E-state index in [1.54, 1.807) is 0 Å². The second-order valence-corrected chi connectivity index (χ2v) is 5.50. The molecule has 0 amide bonds. The molecule has 1 aliphatic heterocycles. The van der Waals surface area contributed by atoms with Crippen LogP contribution >= 0.6 is 0 Å². The van der Waals surface area contributed by atoms with Gasteiger partial charge in [-0.05, 0) is 37.3 Å². The van der Waals surface area contributed by atoms with Gasteiger partial charge in [-0.2, -0.15) is 5.10 Å². The van der Waals surface area contributed by atoms with Crippen LogP contribution in [0.2, 0.25) is 0 Å². The second kappa shape index (κ2) is 3.97. The topological polar surface area (TPSA) is 42.7 Å². The fourth-order valence-electron chi connectivity index (χ4n) is 3.59. The molecule has 0 spiro atoms. The molecule has 1 aliphatic carbocycles. The zero-order chi connectivity index (χ0) is 11.9. The molecule has 0 radical (unpaired) electrons. The molecule has 4 rings (SSSR count). The molecule has 1 atom stereocenters. The van der Waals surface area contributed by atoms with Gasteiger partial charge in [-0.25, -0.2) is 9.67 Å². The standard InChI is InChI=1S/C14H18N4/c1-2-5-10(4-1)12-7-9-16-14-11-6-3-8-15-13(11)17-18(12)14/h3,6,8,10,12,16H,1-2,4-5,7,9H2. The van der Waals surface area contributed by atoms with Crippen LogP contribution in [0.4, 0.5) is 5.82 Å². The van der Waals surface area contributed by atoms with Gasteiger partial charge in [0, 0.05) is 12.7 Å². The van der Waals surface area contributed by atoms with E-state index in [1.807, 2.05) is 12.3 Å². The number of hydrogen-bond acceptors (Lipinski definition) is 3. The van der Waals surface area contributed by atoms with Crippen molar-refractivity contribution >= 4 is 16.9 Å². The molecule has 2 aliphatic rings. The zero-order valence-electron chi connectivity index (χ0n) is 10.5. The molecule has 4 nitrogen and oxygen atoms in total. The average Bonchev–Trinajstić information content (AvgIpc) is 3.05. The van der Waals surface area contributed by atoms with Crippen molar-refractivity contribution in [3.63, 3.8) is 0 Å². The van der Waals surface area contributed by atoms with E-state index in [1.165, 1.54) is 43.3 Å². The maximum atomic E-state index is 4.72. The minimum atomic E-state index is 0.581. The average molecular weight is 242 g/mol. The van der Waals surface area contributed by atoms with Crippen molar-refractivity contribution in [3.8, 4) is 0 Å². The smallest absolute Gasteiger partial charge is 0.183 e. The molecule has 94 valence electrons. The Balaban J connectivity index is 1.83. The Hall–Kier alpha value is -1.58. The molecular weight excluding hydrogens is 224 g/mol. The van der Waals surface area contributed by atoms with Crippen LogP contribution in [0.5, 0.6) is 0 Å². The van der Waals surface area contributed by atoms with Crippen molar-refractivity contribution in [1.82, 2.24) is 14.8 Å². The molecular formula is C14H18N4. The summed E-state index contributed by atoms with van der Waals surface area (Å²) in [5.74, 6) is 2.00. The molecule has 1 unspecified atom stereocenters. The first kappa shape index (κ1) is 10.4. The Morgan fingerprint density at radius 1 is 1.22 bits per heavy atom. The third-order valence-electron chi connectivity index (χ3n) is 4.46. The van der Waals surface area contributed by atoms with Gasteiger partial charge in [0.2, 0.25) is 0 Å². The first-order chi connectivity index (χ1) is 8.93. The van der Waals surface area contributed by atoms with E-state index in [2.05, 4.69) is 21.0 Å². The molecule has 2 aromatic rings. The van der Waals surface area contributed by atoms with Gasteiger partial charge in [0.05, 0.1) is 11.4 Å². The maximum Gasteiger partial charge on any atom is 0.183 e. The number of rotatable bonds is 1.